The highest BCUT2D eigenvalue weighted by atomic mass is 79.9. The van der Waals surface area contributed by atoms with E-state index in [0.717, 1.165) is 29.5 Å². The molecule has 1 N–H and O–H groups in total. The molecule has 1 aliphatic heterocycles. The van der Waals surface area contributed by atoms with E-state index in [1.165, 1.54) is 11.1 Å². The van der Waals surface area contributed by atoms with Crippen LogP contribution in [-0.4, -0.2) is 13.1 Å². The van der Waals surface area contributed by atoms with Crippen LogP contribution in [0.4, 0.5) is 4.39 Å². The lowest BCUT2D eigenvalue weighted by Crippen LogP contribution is -2.10. The Labute approximate surface area is 98.2 Å². The molecule has 1 fully saturated rings. The van der Waals surface area contributed by atoms with Gasteiger partial charge in [-0.05, 0) is 55.5 Å². The second-order valence-corrected chi connectivity index (χ2v) is 5.05. The molecule has 82 valence electrons. The van der Waals surface area contributed by atoms with Crippen molar-refractivity contribution in [2.45, 2.75) is 26.2 Å². The summed E-state index contributed by atoms with van der Waals surface area (Å²) in [7, 11) is 0. The fourth-order valence-corrected chi connectivity index (χ4v) is 2.79. The Bertz CT molecular complexity index is 357. The second kappa shape index (κ2) is 4.22. The van der Waals surface area contributed by atoms with Gasteiger partial charge in [-0.3, -0.25) is 0 Å². The summed E-state index contributed by atoms with van der Waals surface area (Å²) < 4.78 is 14.5. The quantitative estimate of drug-likeness (QED) is 0.827. The van der Waals surface area contributed by atoms with Crippen LogP contribution in [0, 0.1) is 19.7 Å². The number of nitrogens with one attached hydrogen (secondary N) is 1. The van der Waals surface area contributed by atoms with Crippen molar-refractivity contribution in [2.24, 2.45) is 0 Å². The molecule has 2 rings (SSSR count). The van der Waals surface area contributed by atoms with E-state index in [1.807, 2.05) is 6.92 Å². The summed E-state index contributed by atoms with van der Waals surface area (Å²) in [6.45, 7) is 5.95. The summed E-state index contributed by atoms with van der Waals surface area (Å²) in [5.74, 6) is 0.367. The lowest BCUT2D eigenvalue weighted by atomic mass is 9.90. The third kappa shape index (κ3) is 1.95. The minimum atomic E-state index is -0.102. The van der Waals surface area contributed by atoms with E-state index in [0.29, 0.717) is 5.92 Å². The van der Waals surface area contributed by atoms with Crippen molar-refractivity contribution in [3.8, 4) is 0 Å². The van der Waals surface area contributed by atoms with Gasteiger partial charge >= 0.3 is 0 Å². The highest BCUT2D eigenvalue weighted by Gasteiger charge is 2.22. The van der Waals surface area contributed by atoms with Gasteiger partial charge in [-0.1, -0.05) is 15.9 Å². The summed E-state index contributed by atoms with van der Waals surface area (Å²) in [4.78, 5) is 0. The molecule has 0 aromatic heterocycles. The summed E-state index contributed by atoms with van der Waals surface area (Å²) in [6.07, 6.45) is 1.11. The van der Waals surface area contributed by atoms with Gasteiger partial charge in [-0.25, -0.2) is 4.39 Å². The van der Waals surface area contributed by atoms with E-state index >= 15 is 0 Å². The molecule has 15 heavy (non-hydrogen) atoms. The monoisotopic (exact) mass is 271 g/mol. The first kappa shape index (κ1) is 11.1. The van der Waals surface area contributed by atoms with Crippen molar-refractivity contribution in [1.29, 1.82) is 0 Å². The number of halogens is 2. The summed E-state index contributed by atoms with van der Waals surface area (Å²) >= 11 is 3.42. The Morgan fingerprint density at radius 3 is 2.73 bits per heavy atom. The molecule has 1 aromatic carbocycles. The third-order valence-electron chi connectivity index (χ3n) is 3.25. The molecule has 0 spiro atoms. The molecule has 1 saturated heterocycles. The Kier molecular flexibility index (Phi) is 3.12. The molecule has 0 amide bonds. The first-order chi connectivity index (χ1) is 7.11. The van der Waals surface area contributed by atoms with E-state index in [-0.39, 0.29) is 5.82 Å². The Hall–Kier alpha value is -0.410. The molecule has 1 heterocycles. The van der Waals surface area contributed by atoms with Gasteiger partial charge in [0.05, 0.1) is 0 Å². The molecular weight excluding hydrogens is 257 g/mol. The molecule has 3 heteroatoms. The van der Waals surface area contributed by atoms with Crippen LogP contribution in [0.25, 0.3) is 0 Å². The molecule has 1 aliphatic rings. The van der Waals surface area contributed by atoms with Crippen LogP contribution in [0.1, 0.15) is 29.0 Å². The SMILES string of the molecule is Cc1c(F)cc(Br)c(C)c1C1CCNC1. The molecule has 1 atom stereocenters. The summed E-state index contributed by atoms with van der Waals surface area (Å²) in [5.41, 5.74) is 3.18. The fourth-order valence-electron chi connectivity index (χ4n) is 2.38. The predicted molar refractivity (Wildman–Crippen MR) is 63.8 cm³/mol. The molecule has 0 radical (unpaired) electrons. The second-order valence-electron chi connectivity index (χ2n) is 4.19. The third-order valence-corrected chi connectivity index (χ3v) is 4.07. The van der Waals surface area contributed by atoms with Crippen LogP contribution in [-0.2, 0) is 0 Å². The zero-order chi connectivity index (χ0) is 11.0. The van der Waals surface area contributed by atoms with Gasteiger partial charge in [0.15, 0.2) is 0 Å². The lowest BCUT2D eigenvalue weighted by Gasteiger charge is -2.17. The maximum atomic E-state index is 13.6. The summed E-state index contributed by atoms with van der Waals surface area (Å²) in [6, 6.07) is 1.57. The van der Waals surface area contributed by atoms with Crippen molar-refractivity contribution in [3.05, 3.63) is 33.0 Å². The Morgan fingerprint density at radius 1 is 1.40 bits per heavy atom. The Balaban J connectivity index is 2.52. The van der Waals surface area contributed by atoms with Gasteiger partial charge in [0.1, 0.15) is 5.82 Å². The van der Waals surface area contributed by atoms with E-state index < -0.39 is 0 Å². The smallest absolute Gasteiger partial charge is 0.127 e. The maximum Gasteiger partial charge on any atom is 0.127 e. The highest BCUT2D eigenvalue weighted by molar-refractivity contribution is 9.10. The Morgan fingerprint density at radius 2 is 2.13 bits per heavy atom. The number of benzene rings is 1. The van der Waals surface area contributed by atoms with Crippen molar-refractivity contribution in [1.82, 2.24) is 5.32 Å². The van der Waals surface area contributed by atoms with Gasteiger partial charge in [-0.15, -0.1) is 0 Å². The van der Waals surface area contributed by atoms with E-state index in [4.69, 9.17) is 0 Å². The fraction of sp³-hybridized carbons (Fsp3) is 0.500. The van der Waals surface area contributed by atoms with Gasteiger partial charge in [0, 0.05) is 11.0 Å². The predicted octanol–water partition coefficient (Wildman–Crippen LogP) is 3.28. The maximum absolute atomic E-state index is 13.6. The van der Waals surface area contributed by atoms with Gasteiger partial charge < -0.3 is 5.32 Å². The lowest BCUT2D eigenvalue weighted by molar-refractivity contribution is 0.607. The van der Waals surface area contributed by atoms with E-state index in [9.17, 15) is 4.39 Å². The molecule has 1 unspecified atom stereocenters. The normalized spacial score (nSPS) is 20.9. The highest BCUT2D eigenvalue weighted by Crippen LogP contribution is 2.33. The standard InChI is InChI=1S/C12H15BrFN/c1-7-10(13)5-11(14)8(2)12(7)9-3-4-15-6-9/h5,9,15H,3-4,6H2,1-2H3. The van der Waals surface area contributed by atoms with Crippen LogP contribution in [0.3, 0.4) is 0 Å². The van der Waals surface area contributed by atoms with Crippen LogP contribution in [0.2, 0.25) is 0 Å². The number of hydrogen-bond donors (Lipinski definition) is 1. The van der Waals surface area contributed by atoms with Crippen LogP contribution >= 0.6 is 15.9 Å². The first-order valence-electron chi connectivity index (χ1n) is 5.27. The zero-order valence-corrected chi connectivity index (χ0v) is 10.6. The van der Waals surface area contributed by atoms with E-state index in [2.05, 4.69) is 28.2 Å². The van der Waals surface area contributed by atoms with E-state index in [1.54, 1.807) is 6.07 Å². The minimum Gasteiger partial charge on any atom is -0.316 e. The zero-order valence-electron chi connectivity index (χ0n) is 9.03. The molecule has 1 aromatic rings. The average Bonchev–Trinajstić information content (AvgIpc) is 2.69. The molecule has 0 aliphatic carbocycles. The van der Waals surface area contributed by atoms with Crippen LogP contribution in [0.5, 0.6) is 0 Å². The van der Waals surface area contributed by atoms with Gasteiger partial charge in [0.2, 0.25) is 0 Å². The average molecular weight is 272 g/mol. The molecule has 0 bridgehead atoms. The molecular formula is C12H15BrFN. The number of hydrogen-bond acceptors (Lipinski definition) is 1. The largest absolute Gasteiger partial charge is 0.316 e. The number of rotatable bonds is 1. The van der Waals surface area contributed by atoms with Crippen molar-refractivity contribution in [2.75, 3.05) is 13.1 Å². The van der Waals surface area contributed by atoms with Crippen molar-refractivity contribution in [3.63, 3.8) is 0 Å². The van der Waals surface area contributed by atoms with Crippen LogP contribution < -0.4 is 5.32 Å². The van der Waals surface area contributed by atoms with Gasteiger partial charge in [-0.2, -0.15) is 0 Å². The van der Waals surface area contributed by atoms with Crippen LogP contribution in [0.15, 0.2) is 10.5 Å². The summed E-state index contributed by atoms with van der Waals surface area (Å²) in [5, 5.41) is 3.33. The molecule has 1 nitrogen and oxygen atoms in total. The minimum absolute atomic E-state index is 0.102. The first-order valence-corrected chi connectivity index (χ1v) is 6.06. The van der Waals surface area contributed by atoms with Crippen molar-refractivity contribution >= 4 is 15.9 Å². The topological polar surface area (TPSA) is 12.0 Å². The van der Waals surface area contributed by atoms with Gasteiger partial charge in [0.25, 0.3) is 0 Å². The molecule has 0 saturated carbocycles. The van der Waals surface area contributed by atoms with Crippen molar-refractivity contribution < 1.29 is 4.39 Å².